The topological polar surface area (TPSA) is 47.4 Å². The summed E-state index contributed by atoms with van der Waals surface area (Å²) in [7, 11) is 3.28. The van der Waals surface area contributed by atoms with E-state index in [1.54, 1.807) is 10.9 Å². The molecule has 2 heterocycles. The predicted molar refractivity (Wildman–Crippen MR) is 68.3 cm³/mol. The maximum atomic E-state index is 11.7. The Balaban J connectivity index is 2.17. The molecule has 0 unspecified atom stereocenters. The highest BCUT2D eigenvalue weighted by atomic mass is 16.5. The number of ether oxygens (including phenoxy) is 1. The van der Waals surface area contributed by atoms with Crippen molar-refractivity contribution in [2.24, 2.45) is 7.05 Å². The van der Waals surface area contributed by atoms with E-state index in [1.165, 1.54) is 26.4 Å². The van der Waals surface area contributed by atoms with Gasteiger partial charge in [-0.15, -0.1) is 0 Å². The molecular formula is C13H21N3O2. The molecule has 0 saturated carbocycles. The first kappa shape index (κ1) is 13.1. The number of hydrogen-bond donors (Lipinski definition) is 0. The van der Waals surface area contributed by atoms with Crippen LogP contribution in [0, 0.1) is 0 Å². The first-order valence-electron chi connectivity index (χ1n) is 6.46. The van der Waals surface area contributed by atoms with Crippen LogP contribution >= 0.6 is 0 Å². The standard InChI is InChI=1S/C13H21N3O2/c1-10-6-4-5-7-16(10)9-12-11(13(17)18-3)8-14-15(12)2/h8,10H,4-7,9H2,1-3H3/t10-/m1/s1. The van der Waals surface area contributed by atoms with Gasteiger partial charge in [-0.2, -0.15) is 5.10 Å². The zero-order valence-corrected chi connectivity index (χ0v) is 11.3. The minimum Gasteiger partial charge on any atom is -0.465 e. The number of nitrogens with zero attached hydrogens (tertiary/aromatic N) is 3. The van der Waals surface area contributed by atoms with E-state index in [1.807, 2.05) is 7.05 Å². The normalized spacial score (nSPS) is 20.9. The molecule has 0 radical (unpaired) electrons. The van der Waals surface area contributed by atoms with Crippen LogP contribution in [-0.4, -0.2) is 40.3 Å². The molecule has 18 heavy (non-hydrogen) atoms. The van der Waals surface area contributed by atoms with Crippen molar-refractivity contribution < 1.29 is 9.53 Å². The fourth-order valence-electron chi connectivity index (χ4n) is 2.52. The minimum atomic E-state index is -0.303. The zero-order valence-electron chi connectivity index (χ0n) is 11.3. The molecule has 1 saturated heterocycles. The number of aromatic nitrogens is 2. The molecule has 0 bridgehead atoms. The van der Waals surface area contributed by atoms with Crippen molar-refractivity contribution in [2.75, 3.05) is 13.7 Å². The Morgan fingerprint density at radius 2 is 2.33 bits per heavy atom. The van der Waals surface area contributed by atoms with Gasteiger partial charge < -0.3 is 4.74 Å². The summed E-state index contributed by atoms with van der Waals surface area (Å²) in [5, 5.41) is 4.17. The second-order valence-corrected chi connectivity index (χ2v) is 4.94. The van der Waals surface area contributed by atoms with Gasteiger partial charge in [0.25, 0.3) is 0 Å². The maximum absolute atomic E-state index is 11.7. The third-order valence-corrected chi connectivity index (χ3v) is 3.76. The quantitative estimate of drug-likeness (QED) is 0.765. The number of piperidine rings is 1. The van der Waals surface area contributed by atoms with Crippen molar-refractivity contribution >= 4 is 5.97 Å². The summed E-state index contributed by atoms with van der Waals surface area (Å²) >= 11 is 0. The lowest BCUT2D eigenvalue weighted by Crippen LogP contribution is -2.37. The van der Waals surface area contributed by atoms with Crippen molar-refractivity contribution in [2.45, 2.75) is 38.8 Å². The highest BCUT2D eigenvalue weighted by molar-refractivity contribution is 5.90. The van der Waals surface area contributed by atoms with Crippen LogP contribution in [0.15, 0.2) is 6.20 Å². The third-order valence-electron chi connectivity index (χ3n) is 3.76. The lowest BCUT2D eigenvalue weighted by atomic mass is 10.0. The van der Waals surface area contributed by atoms with Crippen LogP contribution < -0.4 is 0 Å². The zero-order chi connectivity index (χ0) is 13.1. The first-order valence-corrected chi connectivity index (χ1v) is 6.46. The van der Waals surface area contributed by atoms with Crippen molar-refractivity contribution in [1.82, 2.24) is 14.7 Å². The molecule has 1 aromatic heterocycles. The molecule has 5 nitrogen and oxygen atoms in total. The molecule has 0 N–H and O–H groups in total. The highest BCUT2D eigenvalue weighted by Crippen LogP contribution is 2.20. The van der Waals surface area contributed by atoms with Gasteiger partial charge in [0.05, 0.1) is 19.0 Å². The molecule has 1 fully saturated rings. The molecular weight excluding hydrogens is 230 g/mol. The van der Waals surface area contributed by atoms with Gasteiger partial charge in [-0.1, -0.05) is 6.42 Å². The van der Waals surface area contributed by atoms with Gasteiger partial charge in [0.15, 0.2) is 0 Å². The molecule has 2 rings (SSSR count). The van der Waals surface area contributed by atoms with E-state index in [-0.39, 0.29) is 5.97 Å². The number of likely N-dealkylation sites (tertiary alicyclic amines) is 1. The van der Waals surface area contributed by atoms with Gasteiger partial charge in [0, 0.05) is 19.6 Å². The smallest absolute Gasteiger partial charge is 0.341 e. The van der Waals surface area contributed by atoms with E-state index in [4.69, 9.17) is 4.74 Å². The molecule has 0 aliphatic carbocycles. The molecule has 1 aliphatic rings. The predicted octanol–water partition coefficient (Wildman–Crippen LogP) is 1.58. The average molecular weight is 251 g/mol. The molecule has 1 aromatic rings. The Kier molecular flexibility index (Phi) is 4.01. The Hall–Kier alpha value is -1.36. The van der Waals surface area contributed by atoms with Crippen LogP contribution in [-0.2, 0) is 18.3 Å². The lowest BCUT2D eigenvalue weighted by molar-refractivity contribution is 0.0596. The summed E-state index contributed by atoms with van der Waals surface area (Å²) in [5.74, 6) is -0.303. The van der Waals surface area contributed by atoms with Crippen LogP contribution in [0.3, 0.4) is 0 Å². The maximum Gasteiger partial charge on any atom is 0.341 e. The lowest BCUT2D eigenvalue weighted by Gasteiger charge is -2.33. The van der Waals surface area contributed by atoms with E-state index in [0.717, 1.165) is 18.8 Å². The summed E-state index contributed by atoms with van der Waals surface area (Å²) in [6, 6.07) is 0.569. The average Bonchev–Trinajstić information content (AvgIpc) is 2.73. The molecule has 0 spiro atoms. The van der Waals surface area contributed by atoms with Crippen molar-refractivity contribution in [1.29, 1.82) is 0 Å². The largest absolute Gasteiger partial charge is 0.465 e. The number of rotatable bonds is 3. The van der Waals surface area contributed by atoms with Crippen LogP contribution in [0.25, 0.3) is 0 Å². The molecule has 5 heteroatoms. The SMILES string of the molecule is COC(=O)c1cnn(C)c1CN1CCCC[C@H]1C. The van der Waals surface area contributed by atoms with E-state index >= 15 is 0 Å². The summed E-state index contributed by atoms with van der Waals surface area (Å²) in [5.41, 5.74) is 1.52. The molecule has 0 aromatic carbocycles. The number of hydrogen-bond acceptors (Lipinski definition) is 4. The fourth-order valence-corrected chi connectivity index (χ4v) is 2.52. The van der Waals surface area contributed by atoms with Gasteiger partial charge >= 0.3 is 5.97 Å². The van der Waals surface area contributed by atoms with Gasteiger partial charge in [0.2, 0.25) is 0 Å². The summed E-state index contributed by atoms with van der Waals surface area (Å²) < 4.78 is 6.57. The van der Waals surface area contributed by atoms with E-state index in [9.17, 15) is 4.79 Å². The van der Waals surface area contributed by atoms with Gasteiger partial charge in [0.1, 0.15) is 5.56 Å². The minimum absolute atomic E-state index is 0.303. The van der Waals surface area contributed by atoms with E-state index in [0.29, 0.717) is 11.6 Å². The van der Waals surface area contributed by atoms with Crippen LogP contribution in [0.4, 0.5) is 0 Å². The second kappa shape index (κ2) is 5.52. The first-order chi connectivity index (χ1) is 8.63. The Morgan fingerprint density at radius 3 is 3.00 bits per heavy atom. The third kappa shape index (κ3) is 2.56. The van der Waals surface area contributed by atoms with Crippen molar-refractivity contribution in [3.63, 3.8) is 0 Å². The molecule has 1 atom stereocenters. The van der Waals surface area contributed by atoms with Crippen LogP contribution in [0.5, 0.6) is 0 Å². The molecule has 1 aliphatic heterocycles. The Morgan fingerprint density at radius 1 is 1.56 bits per heavy atom. The van der Waals surface area contributed by atoms with Gasteiger partial charge in [-0.05, 0) is 26.3 Å². The van der Waals surface area contributed by atoms with E-state index in [2.05, 4.69) is 16.9 Å². The highest BCUT2D eigenvalue weighted by Gasteiger charge is 2.23. The number of carbonyl (C=O) groups excluding carboxylic acids is 1. The second-order valence-electron chi connectivity index (χ2n) is 4.94. The van der Waals surface area contributed by atoms with E-state index < -0.39 is 0 Å². The fraction of sp³-hybridized carbons (Fsp3) is 0.692. The van der Waals surface area contributed by atoms with Crippen molar-refractivity contribution in [3.05, 3.63) is 17.5 Å². The monoisotopic (exact) mass is 251 g/mol. The summed E-state index contributed by atoms with van der Waals surface area (Å²) in [6.45, 7) is 4.10. The number of esters is 1. The molecule has 0 amide bonds. The van der Waals surface area contributed by atoms with Crippen molar-refractivity contribution in [3.8, 4) is 0 Å². The van der Waals surface area contributed by atoms with Gasteiger partial charge in [-0.25, -0.2) is 4.79 Å². The Bertz CT molecular complexity index is 428. The van der Waals surface area contributed by atoms with Gasteiger partial charge in [-0.3, -0.25) is 9.58 Å². The number of carbonyl (C=O) groups is 1. The van der Waals surface area contributed by atoms with Crippen LogP contribution in [0.2, 0.25) is 0 Å². The number of methoxy groups -OCH3 is 1. The van der Waals surface area contributed by atoms with Crippen LogP contribution in [0.1, 0.15) is 42.2 Å². The molecule has 100 valence electrons. The summed E-state index contributed by atoms with van der Waals surface area (Å²) in [4.78, 5) is 14.1. The summed E-state index contributed by atoms with van der Waals surface area (Å²) in [6.07, 6.45) is 5.35. The Labute approximate surface area is 108 Å². The number of aryl methyl sites for hydroxylation is 1.